The minimum atomic E-state index is -1.07. The summed E-state index contributed by atoms with van der Waals surface area (Å²) in [6.45, 7) is 6.24. The average molecular weight is 549 g/mol. The molecule has 1 N–H and O–H groups in total. The number of Topliss-reactive ketones (excluding diaryl/α,β-unsaturated/α-hetero) is 1. The van der Waals surface area contributed by atoms with Crippen LogP contribution in [-0.2, 0) is 14.3 Å². The Morgan fingerprint density at radius 1 is 1.21 bits per heavy atom. The number of carbonyl (C=O) groups is 3. The van der Waals surface area contributed by atoms with Crippen molar-refractivity contribution in [2.45, 2.75) is 13.0 Å². The highest BCUT2D eigenvalue weighted by Gasteiger charge is 2.48. The Morgan fingerprint density at radius 2 is 1.97 bits per heavy atom. The van der Waals surface area contributed by atoms with Gasteiger partial charge in [-0.2, -0.15) is 0 Å². The number of aliphatic hydroxyl groups is 1. The first-order valence-corrected chi connectivity index (χ1v) is 12.8. The lowest BCUT2D eigenvalue weighted by molar-refractivity contribution is -0.132. The van der Waals surface area contributed by atoms with Crippen molar-refractivity contribution in [2.75, 3.05) is 31.8 Å². The first-order valence-electron chi connectivity index (χ1n) is 11.9. The van der Waals surface area contributed by atoms with Crippen molar-refractivity contribution >= 4 is 39.9 Å². The van der Waals surface area contributed by atoms with Gasteiger partial charge in [-0.15, -0.1) is 0 Å². The number of amides is 1. The number of rotatable bonds is 7. The molecule has 0 radical (unpaired) electrons. The molecule has 3 heterocycles. The number of ether oxygens (including phenoxy) is 4. The summed E-state index contributed by atoms with van der Waals surface area (Å²) >= 11 is 0.922. The molecular weight excluding hydrogens is 524 g/mol. The van der Waals surface area contributed by atoms with E-state index in [0.717, 1.165) is 11.3 Å². The molecule has 5 rings (SSSR count). The number of thiazole rings is 1. The van der Waals surface area contributed by atoms with Gasteiger partial charge in [0.2, 0.25) is 0 Å². The zero-order valence-electron chi connectivity index (χ0n) is 21.1. The van der Waals surface area contributed by atoms with Crippen LogP contribution in [0.15, 0.2) is 60.7 Å². The number of hydrogen-bond donors (Lipinski definition) is 1. The van der Waals surface area contributed by atoms with Crippen LogP contribution in [0.25, 0.3) is 5.76 Å². The highest BCUT2D eigenvalue weighted by molar-refractivity contribution is 7.17. The second-order valence-electron chi connectivity index (χ2n) is 8.60. The Morgan fingerprint density at radius 3 is 2.72 bits per heavy atom. The summed E-state index contributed by atoms with van der Waals surface area (Å²) in [6, 6.07) is 10.5. The molecule has 1 fully saturated rings. The largest absolute Gasteiger partial charge is 0.507 e. The molecule has 200 valence electrons. The normalized spacial score (nSPS) is 17.7. The van der Waals surface area contributed by atoms with Gasteiger partial charge in [-0.05, 0) is 42.8 Å². The van der Waals surface area contributed by atoms with Crippen LogP contribution in [-0.4, -0.2) is 54.7 Å². The number of hydrogen-bond acceptors (Lipinski definition) is 10. The quantitative estimate of drug-likeness (QED) is 0.152. The Hall–Kier alpha value is -4.64. The van der Waals surface area contributed by atoms with Gasteiger partial charge in [-0.25, -0.2) is 9.78 Å². The first kappa shape index (κ1) is 26.0. The molecule has 11 heteroatoms. The number of nitrogens with zero attached hydrogens (tertiary/aromatic N) is 2. The molecule has 0 aliphatic carbocycles. The maximum atomic E-state index is 13.5. The fourth-order valence-electron chi connectivity index (χ4n) is 4.39. The van der Waals surface area contributed by atoms with Crippen LogP contribution in [0.2, 0.25) is 0 Å². The van der Waals surface area contributed by atoms with E-state index in [-0.39, 0.29) is 27.8 Å². The number of methoxy groups -OCH3 is 1. The number of aliphatic hydroxyl groups excluding tert-OH is 1. The molecule has 3 aromatic rings. The molecule has 0 spiro atoms. The van der Waals surface area contributed by atoms with Crippen molar-refractivity contribution in [1.82, 2.24) is 4.98 Å². The van der Waals surface area contributed by atoms with Crippen molar-refractivity contribution < 1.29 is 38.4 Å². The summed E-state index contributed by atoms with van der Waals surface area (Å²) in [5.41, 5.74) is 0.955. The topological polar surface area (TPSA) is 124 Å². The van der Waals surface area contributed by atoms with Gasteiger partial charge in [0.15, 0.2) is 16.6 Å². The smallest absolute Gasteiger partial charge is 0.350 e. The van der Waals surface area contributed by atoms with Gasteiger partial charge in [0.1, 0.15) is 36.2 Å². The van der Waals surface area contributed by atoms with Crippen LogP contribution in [0.3, 0.4) is 0 Å². The van der Waals surface area contributed by atoms with E-state index in [0.29, 0.717) is 41.7 Å². The van der Waals surface area contributed by atoms with Gasteiger partial charge in [0.25, 0.3) is 5.78 Å². The van der Waals surface area contributed by atoms with Crippen molar-refractivity contribution in [1.29, 1.82) is 0 Å². The van der Waals surface area contributed by atoms with Gasteiger partial charge in [0, 0.05) is 5.56 Å². The van der Waals surface area contributed by atoms with E-state index in [1.807, 2.05) is 0 Å². The second-order valence-corrected chi connectivity index (χ2v) is 9.58. The van der Waals surface area contributed by atoms with Gasteiger partial charge in [-0.1, -0.05) is 36.1 Å². The van der Waals surface area contributed by atoms with Crippen molar-refractivity contribution in [3.63, 3.8) is 0 Å². The van der Waals surface area contributed by atoms with E-state index in [1.165, 1.54) is 12.0 Å². The number of aromatic nitrogens is 1. The van der Waals surface area contributed by atoms with Crippen LogP contribution in [0.4, 0.5) is 5.13 Å². The van der Waals surface area contributed by atoms with E-state index in [9.17, 15) is 19.5 Å². The molecule has 10 nitrogen and oxygen atoms in total. The molecule has 2 aliphatic rings. The Balaban J connectivity index is 1.68. The predicted molar refractivity (Wildman–Crippen MR) is 143 cm³/mol. The van der Waals surface area contributed by atoms with E-state index in [4.69, 9.17) is 18.9 Å². The summed E-state index contributed by atoms with van der Waals surface area (Å²) in [6.07, 6.45) is 1.59. The molecule has 1 amide bonds. The molecule has 1 atom stereocenters. The number of esters is 1. The minimum absolute atomic E-state index is 0.110. The Labute approximate surface area is 227 Å². The van der Waals surface area contributed by atoms with E-state index < -0.39 is 29.5 Å². The summed E-state index contributed by atoms with van der Waals surface area (Å²) < 4.78 is 21.7. The number of aryl methyl sites for hydroxylation is 1. The summed E-state index contributed by atoms with van der Waals surface area (Å²) in [7, 11) is 1.25. The monoisotopic (exact) mass is 548 g/mol. The van der Waals surface area contributed by atoms with Crippen molar-refractivity contribution in [3.8, 4) is 17.2 Å². The zero-order chi connectivity index (χ0) is 27.7. The van der Waals surface area contributed by atoms with Crippen LogP contribution in [0.1, 0.15) is 32.5 Å². The summed E-state index contributed by atoms with van der Waals surface area (Å²) in [5.74, 6) is -1.41. The average Bonchev–Trinajstić information content (AvgIpc) is 3.47. The highest BCUT2D eigenvalue weighted by Crippen LogP contribution is 2.45. The van der Waals surface area contributed by atoms with Gasteiger partial charge >= 0.3 is 11.9 Å². The van der Waals surface area contributed by atoms with Crippen LogP contribution in [0, 0.1) is 6.92 Å². The lowest BCUT2D eigenvalue weighted by Crippen LogP contribution is -2.29. The molecular formula is C28H24N2O8S. The lowest BCUT2D eigenvalue weighted by Gasteiger charge is -2.23. The molecule has 0 unspecified atom stereocenters. The number of anilines is 1. The fourth-order valence-corrected chi connectivity index (χ4v) is 5.40. The van der Waals surface area contributed by atoms with Crippen LogP contribution >= 0.6 is 11.3 Å². The van der Waals surface area contributed by atoms with E-state index in [2.05, 4.69) is 11.6 Å². The minimum Gasteiger partial charge on any atom is -0.507 e. The van der Waals surface area contributed by atoms with E-state index >= 15 is 0 Å². The number of carbonyl (C=O) groups excluding carboxylic acids is 3. The number of fused-ring (bicyclic) bond motifs is 1. The second kappa shape index (κ2) is 10.6. The molecule has 39 heavy (non-hydrogen) atoms. The molecule has 1 aromatic heterocycles. The molecule has 2 aliphatic heterocycles. The Bertz CT molecular complexity index is 1530. The standard InChI is InChI=1S/C28H24N2O8S/c1-4-10-36-18-7-5-6-16(13-18)22-21(23(31)17-8-9-19-20(14-17)38-12-11-37-19)24(32)26(33)30(22)28-29-15(2)25(39-28)27(34)35-3/h4-9,13-14,22,31H,1,10-12H2,2-3H3/b23-21+/t22-/m0/s1. The SMILES string of the molecule is C=CCOc1cccc([C@H]2/C(=C(\O)c3ccc4c(c3)OCCO4)C(=O)C(=O)N2c2nc(C)c(C(=O)OC)s2)c1. The molecule has 2 aromatic carbocycles. The third-order valence-corrected chi connectivity index (χ3v) is 7.30. The zero-order valence-corrected chi connectivity index (χ0v) is 21.9. The highest BCUT2D eigenvalue weighted by atomic mass is 32.1. The Kier molecular flexibility index (Phi) is 7.07. The van der Waals surface area contributed by atoms with Crippen LogP contribution < -0.4 is 19.1 Å². The molecule has 1 saturated heterocycles. The predicted octanol–water partition coefficient (Wildman–Crippen LogP) is 4.20. The van der Waals surface area contributed by atoms with Gasteiger partial charge in [0.05, 0.1) is 24.4 Å². The summed E-state index contributed by atoms with van der Waals surface area (Å²) in [4.78, 5) is 45.0. The number of benzene rings is 2. The van der Waals surface area contributed by atoms with Gasteiger partial charge in [-0.3, -0.25) is 14.5 Å². The maximum Gasteiger partial charge on any atom is 0.350 e. The van der Waals surface area contributed by atoms with Gasteiger partial charge < -0.3 is 24.1 Å². The third-order valence-electron chi connectivity index (χ3n) is 6.16. The van der Waals surface area contributed by atoms with Crippen LogP contribution in [0.5, 0.6) is 17.2 Å². The van der Waals surface area contributed by atoms with Crippen molar-refractivity contribution in [2.24, 2.45) is 0 Å². The summed E-state index contributed by atoms with van der Waals surface area (Å²) in [5, 5.41) is 11.6. The maximum absolute atomic E-state index is 13.5. The van der Waals surface area contributed by atoms with E-state index in [1.54, 1.807) is 55.5 Å². The molecule has 0 saturated carbocycles. The first-order chi connectivity index (χ1) is 18.8. The fraction of sp³-hybridized carbons (Fsp3) is 0.214. The number of ketones is 1. The van der Waals surface area contributed by atoms with Crippen molar-refractivity contribution in [3.05, 3.63) is 82.4 Å². The third kappa shape index (κ3) is 4.72. The lowest BCUT2D eigenvalue weighted by atomic mass is 9.95. The molecule has 0 bridgehead atoms.